The summed E-state index contributed by atoms with van der Waals surface area (Å²) in [6.45, 7) is 1.72. The zero-order valence-corrected chi connectivity index (χ0v) is 15.7. The highest BCUT2D eigenvalue weighted by atomic mass is 35.5. The Kier molecular flexibility index (Phi) is 6.27. The highest BCUT2D eigenvalue weighted by Gasteiger charge is 2.18. The first kappa shape index (κ1) is 19.1. The number of anilines is 1. The third kappa shape index (κ3) is 5.11. The Morgan fingerprint density at radius 2 is 1.80 bits per heavy atom. The minimum atomic E-state index is -0.320. The fraction of sp³-hybridized carbons (Fsp3) is 0.294. The minimum absolute atomic E-state index is 0.0387. The second-order valence-corrected chi connectivity index (χ2v) is 7.05. The molecule has 0 aliphatic rings. The number of hydrogen-bond acceptors (Lipinski definition) is 5. The maximum absolute atomic E-state index is 12.0. The number of benzene rings is 1. The fourth-order valence-electron chi connectivity index (χ4n) is 2.04. The lowest BCUT2D eigenvalue weighted by Crippen LogP contribution is -2.21. The molecule has 0 fully saturated rings. The average Bonchev–Trinajstić information content (AvgIpc) is 2.92. The van der Waals surface area contributed by atoms with Gasteiger partial charge in [0.05, 0.1) is 5.69 Å². The summed E-state index contributed by atoms with van der Waals surface area (Å²) in [6.07, 6.45) is 0.123. The van der Waals surface area contributed by atoms with Gasteiger partial charge in [0.1, 0.15) is 4.88 Å². The Hall–Kier alpha value is -2.25. The van der Waals surface area contributed by atoms with Gasteiger partial charge < -0.3 is 10.2 Å². The van der Waals surface area contributed by atoms with Gasteiger partial charge in [-0.15, -0.1) is 0 Å². The van der Waals surface area contributed by atoms with Crippen molar-refractivity contribution in [1.29, 1.82) is 0 Å². The van der Waals surface area contributed by atoms with E-state index in [0.29, 0.717) is 26.3 Å². The van der Waals surface area contributed by atoms with Crippen LogP contribution in [0.3, 0.4) is 0 Å². The number of amides is 2. The topological polar surface area (TPSA) is 79.4 Å². The van der Waals surface area contributed by atoms with E-state index in [-0.39, 0.29) is 30.4 Å². The van der Waals surface area contributed by atoms with E-state index < -0.39 is 0 Å². The van der Waals surface area contributed by atoms with Crippen LogP contribution in [0.5, 0.6) is 0 Å². The lowest BCUT2D eigenvalue weighted by atomic mass is 10.1. The van der Waals surface area contributed by atoms with E-state index in [4.69, 9.17) is 11.6 Å². The Balaban J connectivity index is 1.92. The molecule has 0 spiro atoms. The maximum Gasteiger partial charge on any atom is 0.265 e. The molecule has 6 nitrogen and oxygen atoms in total. The zero-order chi connectivity index (χ0) is 18.6. The Morgan fingerprint density at radius 3 is 2.40 bits per heavy atom. The number of hydrogen-bond donors (Lipinski definition) is 1. The molecule has 0 aliphatic carbocycles. The number of thiazole rings is 1. The fourth-order valence-corrected chi connectivity index (χ4v) is 3.17. The molecule has 0 aliphatic heterocycles. The van der Waals surface area contributed by atoms with Crippen LogP contribution < -0.4 is 5.32 Å². The molecule has 2 aromatic rings. The molecule has 2 amide bonds. The summed E-state index contributed by atoms with van der Waals surface area (Å²) < 4.78 is 0. The van der Waals surface area contributed by atoms with E-state index in [1.54, 1.807) is 45.3 Å². The van der Waals surface area contributed by atoms with E-state index in [1.165, 1.54) is 4.90 Å². The molecular weight excluding hydrogens is 362 g/mol. The molecule has 0 saturated heterocycles. The first-order chi connectivity index (χ1) is 11.8. The molecule has 1 heterocycles. The summed E-state index contributed by atoms with van der Waals surface area (Å²) in [5.74, 6) is -0.612. The van der Waals surface area contributed by atoms with Crippen molar-refractivity contribution in [3.8, 4) is 0 Å². The van der Waals surface area contributed by atoms with Crippen LogP contribution in [0.25, 0.3) is 0 Å². The molecule has 25 heavy (non-hydrogen) atoms. The molecular formula is C17H18ClN3O3S. The van der Waals surface area contributed by atoms with E-state index in [1.807, 2.05) is 0 Å². The number of halogens is 1. The summed E-state index contributed by atoms with van der Waals surface area (Å²) >= 11 is 6.91. The van der Waals surface area contributed by atoms with Crippen molar-refractivity contribution < 1.29 is 14.4 Å². The lowest BCUT2D eigenvalue weighted by Gasteiger charge is -2.07. The second-order valence-electron chi connectivity index (χ2n) is 5.61. The van der Waals surface area contributed by atoms with Crippen molar-refractivity contribution >= 4 is 45.7 Å². The molecule has 0 atom stereocenters. The molecule has 0 bridgehead atoms. The van der Waals surface area contributed by atoms with Crippen LogP contribution in [0.2, 0.25) is 5.02 Å². The number of carbonyl (C=O) groups excluding carboxylic acids is 3. The molecule has 1 N–H and O–H groups in total. The summed E-state index contributed by atoms with van der Waals surface area (Å²) in [7, 11) is 3.31. The van der Waals surface area contributed by atoms with Gasteiger partial charge in [0.25, 0.3) is 5.91 Å². The van der Waals surface area contributed by atoms with Crippen molar-refractivity contribution in [2.24, 2.45) is 0 Å². The van der Waals surface area contributed by atoms with Gasteiger partial charge in [0.15, 0.2) is 10.9 Å². The SMILES string of the molecule is Cc1nc(NC(=O)CCC(=O)c2ccc(Cl)cc2)sc1C(=O)N(C)C. The summed E-state index contributed by atoms with van der Waals surface area (Å²) in [5, 5.41) is 3.54. The molecule has 132 valence electrons. The highest BCUT2D eigenvalue weighted by molar-refractivity contribution is 7.17. The van der Waals surface area contributed by atoms with Crippen molar-refractivity contribution in [1.82, 2.24) is 9.88 Å². The molecule has 0 saturated carbocycles. The molecule has 2 rings (SSSR count). The predicted molar refractivity (Wildman–Crippen MR) is 98.5 cm³/mol. The monoisotopic (exact) mass is 379 g/mol. The summed E-state index contributed by atoms with van der Waals surface area (Å²) in [4.78, 5) is 42.2. The van der Waals surface area contributed by atoms with Crippen molar-refractivity contribution in [3.63, 3.8) is 0 Å². The van der Waals surface area contributed by atoms with Gasteiger partial charge in [-0.3, -0.25) is 14.4 Å². The van der Waals surface area contributed by atoms with E-state index in [0.717, 1.165) is 11.3 Å². The number of Topliss-reactive ketones (excluding diaryl/α,β-unsaturated/α-hetero) is 1. The second kappa shape index (κ2) is 8.22. The highest BCUT2D eigenvalue weighted by Crippen LogP contribution is 2.23. The summed E-state index contributed by atoms with van der Waals surface area (Å²) in [5.41, 5.74) is 1.08. The first-order valence-corrected chi connectivity index (χ1v) is 8.75. The number of aryl methyl sites for hydroxylation is 1. The third-order valence-electron chi connectivity index (χ3n) is 3.39. The number of carbonyl (C=O) groups is 3. The van der Waals surface area contributed by atoms with E-state index in [9.17, 15) is 14.4 Å². The van der Waals surface area contributed by atoms with E-state index >= 15 is 0 Å². The van der Waals surface area contributed by atoms with Crippen LogP contribution >= 0.6 is 22.9 Å². The predicted octanol–water partition coefficient (Wildman–Crippen LogP) is 3.41. The molecule has 1 aromatic carbocycles. The van der Waals surface area contributed by atoms with Crippen LogP contribution in [-0.4, -0.2) is 41.6 Å². The quantitative estimate of drug-likeness (QED) is 0.780. The Bertz CT molecular complexity index is 800. The Labute approximate surface area is 154 Å². The standard InChI is InChI=1S/C17H18ClN3O3S/c1-10-15(16(24)21(2)3)25-17(19-10)20-14(23)9-8-13(22)11-4-6-12(18)7-5-11/h4-7H,8-9H2,1-3H3,(H,19,20,23). The third-order valence-corrected chi connectivity index (χ3v) is 4.70. The minimum Gasteiger partial charge on any atom is -0.344 e. The number of aromatic nitrogens is 1. The van der Waals surface area contributed by atoms with Crippen molar-refractivity contribution in [3.05, 3.63) is 45.4 Å². The molecule has 0 unspecified atom stereocenters. The van der Waals surface area contributed by atoms with Gasteiger partial charge in [-0.1, -0.05) is 22.9 Å². The number of rotatable bonds is 6. The number of nitrogens with one attached hydrogen (secondary N) is 1. The van der Waals surface area contributed by atoms with Crippen LogP contribution in [0.4, 0.5) is 5.13 Å². The largest absolute Gasteiger partial charge is 0.344 e. The number of ketones is 1. The zero-order valence-electron chi connectivity index (χ0n) is 14.1. The van der Waals surface area contributed by atoms with E-state index in [2.05, 4.69) is 10.3 Å². The Morgan fingerprint density at radius 1 is 1.16 bits per heavy atom. The van der Waals surface area contributed by atoms with Crippen LogP contribution in [0, 0.1) is 6.92 Å². The van der Waals surface area contributed by atoms with Crippen LogP contribution in [-0.2, 0) is 4.79 Å². The van der Waals surface area contributed by atoms with Gasteiger partial charge in [-0.05, 0) is 31.2 Å². The average molecular weight is 380 g/mol. The summed E-state index contributed by atoms with van der Waals surface area (Å²) in [6, 6.07) is 6.53. The van der Waals surface area contributed by atoms with Crippen LogP contribution in [0.15, 0.2) is 24.3 Å². The molecule has 1 aromatic heterocycles. The van der Waals surface area contributed by atoms with Gasteiger partial charge in [-0.25, -0.2) is 4.98 Å². The first-order valence-electron chi connectivity index (χ1n) is 7.55. The van der Waals surface area contributed by atoms with Crippen molar-refractivity contribution in [2.45, 2.75) is 19.8 Å². The maximum atomic E-state index is 12.0. The lowest BCUT2D eigenvalue weighted by molar-refractivity contribution is -0.116. The molecule has 0 radical (unpaired) electrons. The van der Waals surface area contributed by atoms with Gasteiger partial charge in [0, 0.05) is 37.5 Å². The van der Waals surface area contributed by atoms with Crippen LogP contribution in [0.1, 0.15) is 38.6 Å². The molecule has 8 heteroatoms. The van der Waals surface area contributed by atoms with Gasteiger partial charge >= 0.3 is 0 Å². The smallest absolute Gasteiger partial charge is 0.265 e. The van der Waals surface area contributed by atoms with Crippen molar-refractivity contribution in [2.75, 3.05) is 19.4 Å². The number of nitrogens with zero attached hydrogens (tertiary/aromatic N) is 2. The normalized spacial score (nSPS) is 10.4. The van der Waals surface area contributed by atoms with Gasteiger partial charge in [-0.2, -0.15) is 0 Å². The van der Waals surface area contributed by atoms with Gasteiger partial charge in [0.2, 0.25) is 5.91 Å².